The van der Waals surface area contributed by atoms with Crippen LogP contribution in [-0.2, 0) is 9.53 Å². The average Bonchev–Trinajstić information content (AvgIpc) is 2.69. The van der Waals surface area contributed by atoms with Gasteiger partial charge in [-0.3, -0.25) is 19.7 Å². The van der Waals surface area contributed by atoms with E-state index in [2.05, 4.69) is 0 Å². The van der Waals surface area contributed by atoms with Crippen molar-refractivity contribution in [3.05, 3.63) is 70.0 Å². The van der Waals surface area contributed by atoms with Crippen LogP contribution >= 0.6 is 0 Å². The van der Waals surface area contributed by atoms with Gasteiger partial charge in [-0.2, -0.15) is 0 Å². The number of rotatable bonds is 6. The Balaban J connectivity index is 2.18. The number of ether oxygens (including phenoxy) is 2. The van der Waals surface area contributed by atoms with Gasteiger partial charge in [0.2, 0.25) is 0 Å². The van der Waals surface area contributed by atoms with Crippen LogP contribution in [0.1, 0.15) is 29.8 Å². The second-order valence-electron chi connectivity index (χ2n) is 5.82. The molecule has 1 aliphatic rings. The molecule has 2 aromatic carbocycles. The summed E-state index contributed by atoms with van der Waals surface area (Å²) in [5, 5.41) is 11.6. The molecular weight excluding hydrogens is 364 g/mol. The Kier molecular flexibility index (Phi) is 5.39. The second-order valence-corrected chi connectivity index (χ2v) is 5.82. The highest BCUT2D eigenvalue weighted by molar-refractivity contribution is 6.41. The first-order valence-electron chi connectivity index (χ1n) is 8.70. The van der Waals surface area contributed by atoms with E-state index in [1.807, 2.05) is 0 Å². The number of carbonyl (C=O) groups excluding carboxylic acids is 2. The Morgan fingerprint density at radius 2 is 1.75 bits per heavy atom. The van der Waals surface area contributed by atoms with Crippen molar-refractivity contribution < 1.29 is 24.0 Å². The van der Waals surface area contributed by atoms with Gasteiger partial charge in [-0.1, -0.05) is 18.2 Å². The fourth-order valence-electron chi connectivity index (χ4n) is 2.95. The van der Waals surface area contributed by atoms with Crippen molar-refractivity contribution in [2.75, 3.05) is 18.1 Å². The lowest BCUT2D eigenvalue weighted by Gasteiger charge is -2.28. The zero-order chi connectivity index (χ0) is 20.3. The van der Waals surface area contributed by atoms with E-state index in [4.69, 9.17) is 9.47 Å². The van der Waals surface area contributed by atoms with E-state index >= 15 is 0 Å². The van der Waals surface area contributed by atoms with Crippen LogP contribution in [0.2, 0.25) is 0 Å². The molecule has 3 rings (SSSR count). The van der Waals surface area contributed by atoms with Gasteiger partial charge in [-0.15, -0.1) is 0 Å². The fourth-order valence-corrected chi connectivity index (χ4v) is 2.95. The van der Waals surface area contributed by atoms with Gasteiger partial charge < -0.3 is 9.47 Å². The molecule has 0 unspecified atom stereocenters. The summed E-state index contributed by atoms with van der Waals surface area (Å²) >= 11 is 0. The highest BCUT2D eigenvalue weighted by atomic mass is 16.6. The van der Waals surface area contributed by atoms with Crippen molar-refractivity contribution in [2.45, 2.75) is 13.8 Å². The highest BCUT2D eigenvalue weighted by Gasteiger charge is 2.39. The normalized spacial score (nSPS) is 14.8. The van der Waals surface area contributed by atoms with Crippen molar-refractivity contribution in [2.24, 2.45) is 0 Å². The number of hydrogen-bond donors (Lipinski definition) is 0. The summed E-state index contributed by atoms with van der Waals surface area (Å²) in [6.07, 6.45) is 1.28. The summed E-state index contributed by atoms with van der Waals surface area (Å²) in [4.78, 5) is 37.9. The van der Waals surface area contributed by atoms with Gasteiger partial charge in [0.25, 0.3) is 17.5 Å². The quantitative estimate of drug-likeness (QED) is 0.249. The molecule has 0 radical (unpaired) electrons. The van der Waals surface area contributed by atoms with Gasteiger partial charge >= 0.3 is 0 Å². The van der Waals surface area contributed by atoms with E-state index in [1.165, 1.54) is 24.5 Å². The van der Waals surface area contributed by atoms with E-state index in [0.717, 1.165) is 4.90 Å². The number of nitrogens with zero attached hydrogens (tertiary/aromatic N) is 2. The molecule has 0 N–H and O–H groups in total. The SMILES string of the molecule is CCO/C=C1/C(=O)N(c2ccc(OCC)cc2[N+](=O)[O-])C(=O)c2ccccc21. The topological polar surface area (TPSA) is 99.0 Å². The van der Waals surface area contributed by atoms with Crippen molar-refractivity contribution in [3.8, 4) is 5.75 Å². The number of imide groups is 1. The zero-order valence-electron chi connectivity index (χ0n) is 15.4. The van der Waals surface area contributed by atoms with Crippen molar-refractivity contribution in [1.82, 2.24) is 0 Å². The molecule has 144 valence electrons. The Labute approximate surface area is 161 Å². The molecule has 2 amide bonds. The van der Waals surface area contributed by atoms with Gasteiger partial charge in [-0.05, 0) is 32.0 Å². The largest absolute Gasteiger partial charge is 0.501 e. The molecular formula is C20H18N2O6. The lowest BCUT2D eigenvalue weighted by atomic mass is 9.93. The van der Waals surface area contributed by atoms with E-state index in [-0.39, 0.29) is 22.6 Å². The van der Waals surface area contributed by atoms with Gasteiger partial charge in [0.05, 0.1) is 36.0 Å². The van der Waals surface area contributed by atoms with Crippen LogP contribution in [-0.4, -0.2) is 30.0 Å². The maximum Gasteiger partial charge on any atom is 0.297 e. The third kappa shape index (κ3) is 3.32. The maximum absolute atomic E-state index is 13.1. The van der Waals surface area contributed by atoms with Gasteiger partial charge in [0.15, 0.2) is 0 Å². The summed E-state index contributed by atoms with van der Waals surface area (Å²) < 4.78 is 10.6. The summed E-state index contributed by atoms with van der Waals surface area (Å²) in [5.74, 6) is -1.05. The lowest BCUT2D eigenvalue weighted by molar-refractivity contribution is -0.384. The Morgan fingerprint density at radius 1 is 1.04 bits per heavy atom. The molecule has 0 aromatic heterocycles. The molecule has 0 aliphatic carbocycles. The van der Waals surface area contributed by atoms with Crippen molar-refractivity contribution >= 4 is 28.8 Å². The first-order valence-corrected chi connectivity index (χ1v) is 8.70. The number of amides is 2. The Morgan fingerprint density at radius 3 is 2.39 bits per heavy atom. The highest BCUT2D eigenvalue weighted by Crippen LogP contribution is 2.38. The van der Waals surface area contributed by atoms with Gasteiger partial charge in [0.1, 0.15) is 11.4 Å². The number of fused-ring (bicyclic) bond motifs is 1. The minimum absolute atomic E-state index is 0.125. The molecule has 8 nitrogen and oxygen atoms in total. The molecule has 0 spiro atoms. The zero-order valence-corrected chi connectivity index (χ0v) is 15.4. The van der Waals surface area contributed by atoms with Crippen LogP contribution in [0.3, 0.4) is 0 Å². The third-order valence-electron chi connectivity index (χ3n) is 4.15. The molecule has 0 fully saturated rings. The second kappa shape index (κ2) is 7.91. The molecule has 0 saturated heterocycles. The minimum Gasteiger partial charge on any atom is -0.501 e. The first kappa shape index (κ1) is 19.1. The van der Waals surface area contributed by atoms with E-state index in [1.54, 1.807) is 38.1 Å². The molecule has 0 bridgehead atoms. The number of carbonyl (C=O) groups is 2. The third-order valence-corrected chi connectivity index (χ3v) is 4.15. The van der Waals surface area contributed by atoms with Crippen LogP contribution in [0.25, 0.3) is 5.57 Å². The summed E-state index contributed by atoms with van der Waals surface area (Å²) in [6.45, 7) is 4.17. The fraction of sp³-hybridized carbons (Fsp3) is 0.200. The first-order chi connectivity index (χ1) is 13.5. The number of benzene rings is 2. The smallest absolute Gasteiger partial charge is 0.297 e. The molecule has 1 heterocycles. The minimum atomic E-state index is -0.690. The number of nitro benzene ring substituents is 1. The van der Waals surface area contributed by atoms with Crippen molar-refractivity contribution in [3.63, 3.8) is 0 Å². The monoisotopic (exact) mass is 382 g/mol. The van der Waals surface area contributed by atoms with Crippen LogP contribution in [0, 0.1) is 10.1 Å². The summed E-state index contributed by atoms with van der Waals surface area (Å²) in [7, 11) is 0. The number of anilines is 1. The van der Waals surface area contributed by atoms with Gasteiger partial charge in [-0.25, -0.2) is 4.90 Å². The van der Waals surface area contributed by atoms with E-state index < -0.39 is 22.4 Å². The summed E-state index contributed by atoms with van der Waals surface area (Å²) in [5.41, 5.74) is 0.315. The summed E-state index contributed by atoms with van der Waals surface area (Å²) in [6, 6.07) is 10.6. The van der Waals surface area contributed by atoms with E-state index in [9.17, 15) is 19.7 Å². The number of hydrogen-bond acceptors (Lipinski definition) is 6. The molecule has 2 aromatic rings. The standard InChI is InChI=1S/C20H18N2O6/c1-3-27-12-16-14-7-5-6-8-15(14)19(23)21(20(16)24)17-10-9-13(28-4-2)11-18(17)22(25)26/h5-12H,3-4H2,1-2H3/b16-12+. The van der Waals surface area contributed by atoms with Crippen LogP contribution < -0.4 is 9.64 Å². The van der Waals surface area contributed by atoms with E-state index in [0.29, 0.717) is 18.8 Å². The van der Waals surface area contributed by atoms with Crippen molar-refractivity contribution in [1.29, 1.82) is 0 Å². The molecule has 0 saturated carbocycles. The lowest BCUT2D eigenvalue weighted by Crippen LogP contribution is -2.42. The predicted molar refractivity (Wildman–Crippen MR) is 102 cm³/mol. The molecule has 0 atom stereocenters. The predicted octanol–water partition coefficient (Wildman–Crippen LogP) is 3.56. The molecule has 1 aliphatic heterocycles. The van der Waals surface area contributed by atoms with Crippen LogP contribution in [0.15, 0.2) is 48.7 Å². The molecule has 28 heavy (non-hydrogen) atoms. The average molecular weight is 382 g/mol. The van der Waals surface area contributed by atoms with Crippen LogP contribution in [0.4, 0.5) is 11.4 Å². The Hall–Kier alpha value is -3.68. The maximum atomic E-state index is 13.1. The Bertz CT molecular complexity index is 982. The van der Waals surface area contributed by atoms with Crippen LogP contribution in [0.5, 0.6) is 5.75 Å². The molecule has 8 heteroatoms. The number of nitro groups is 1. The van der Waals surface area contributed by atoms with Gasteiger partial charge in [0, 0.05) is 11.1 Å².